The third kappa shape index (κ3) is 3.05. The molecule has 0 fully saturated rings. The Morgan fingerprint density at radius 2 is 1.88 bits per heavy atom. The molecule has 1 rings (SSSR count). The van der Waals surface area contributed by atoms with Crippen LogP contribution >= 0.6 is 0 Å². The van der Waals surface area contributed by atoms with Gasteiger partial charge in [-0.25, -0.2) is 4.39 Å². The van der Waals surface area contributed by atoms with Crippen LogP contribution in [0, 0.1) is 5.82 Å². The van der Waals surface area contributed by atoms with E-state index in [9.17, 15) is 17.6 Å². The van der Waals surface area contributed by atoms with Crippen molar-refractivity contribution in [1.82, 2.24) is 0 Å². The maximum Gasteiger partial charge on any atom is 0.431 e. The van der Waals surface area contributed by atoms with Crippen LogP contribution in [0.25, 0.3) is 5.57 Å². The SMILES string of the molecule is CN=C/C(=C(\N)C(F)(F)F)c1ccccc1F. The van der Waals surface area contributed by atoms with Crippen molar-refractivity contribution in [3.63, 3.8) is 0 Å². The van der Waals surface area contributed by atoms with Crippen LogP contribution in [0.3, 0.4) is 0 Å². The summed E-state index contributed by atoms with van der Waals surface area (Å²) in [5.41, 5.74) is 2.91. The normalized spacial score (nSPS) is 13.9. The molecule has 0 amide bonds. The Balaban J connectivity index is 3.44. The summed E-state index contributed by atoms with van der Waals surface area (Å²) >= 11 is 0. The van der Waals surface area contributed by atoms with E-state index in [1.165, 1.54) is 25.2 Å². The Morgan fingerprint density at radius 1 is 1.29 bits per heavy atom. The second-order valence-electron chi connectivity index (χ2n) is 3.19. The summed E-state index contributed by atoms with van der Waals surface area (Å²) in [5, 5.41) is 0. The van der Waals surface area contributed by atoms with Gasteiger partial charge in [-0.3, -0.25) is 4.99 Å². The molecule has 0 spiro atoms. The molecule has 0 unspecified atom stereocenters. The lowest BCUT2D eigenvalue weighted by Crippen LogP contribution is -2.22. The van der Waals surface area contributed by atoms with E-state index in [2.05, 4.69) is 4.99 Å². The molecule has 0 bridgehead atoms. The average Bonchev–Trinajstić information content (AvgIpc) is 2.25. The van der Waals surface area contributed by atoms with Crippen molar-refractivity contribution in [2.45, 2.75) is 6.18 Å². The molecule has 0 saturated carbocycles. The highest BCUT2D eigenvalue weighted by atomic mass is 19.4. The zero-order chi connectivity index (χ0) is 13.1. The van der Waals surface area contributed by atoms with E-state index in [0.717, 1.165) is 12.3 Å². The lowest BCUT2D eigenvalue weighted by molar-refractivity contribution is -0.0918. The number of halogens is 4. The van der Waals surface area contributed by atoms with Crippen LogP contribution in [-0.2, 0) is 0 Å². The van der Waals surface area contributed by atoms with E-state index in [4.69, 9.17) is 5.73 Å². The van der Waals surface area contributed by atoms with Gasteiger partial charge in [0, 0.05) is 24.4 Å². The number of nitrogens with zero attached hydrogens (tertiary/aromatic N) is 1. The van der Waals surface area contributed by atoms with E-state index in [-0.39, 0.29) is 5.56 Å². The Hall–Kier alpha value is -1.85. The van der Waals surface area contributed by atoms with Crippen molar-refractivity contribution in [2.24, 2.45) is 10.7 Å². The fraction of sp³-hybridized carbons (Fsp3) is 0.182. The average molecular weight is 246 g/mol. The van der Waals surface area contributed by atoms with Gasteiger partial charge < -0.3 is 5.73 Å². The molecule has 0 aliphatic rings. The summed E-state index contributed by atoms with van der Waals surface area (Å²) in [4.78, 5) is 3.46. The molecule has 0 saturated heterocycles. The summed E-state index contributed by atoms with van der Waals surface area (Å²) in [6.45, 7) is 0. The minimum atomic E-state index is -4.72. The Kier molecular flexibility index (Phi) is 3.88. The van der Waals surface area contributed by atoms with Crippen molar-refractivity contribution in [1.29, 1.82) is 0 Å². The fourth-order valence-corrected chi connectivity index (χ4v) is 1.25. The highest BCUT2D eigenvalue weighted by molar-refractivity contribution is 6.11. The number of rotatable bonds is 2. The molecule has 92 valence electrons. The van der Waals surface area contributed by atoms with Gasteiger partial charge in [0.05, 0.1) is 0 Å². The standard InChI is InChI=1S/C11H10F4N2/c1-17-6-8(10(16)11(13,14)15)7-4-2-3-5-9(7)12/h2-6H,16H2,1H3/b10-8+,17-6?. The van der Waals surface area contributed by atoms with Crippen LogP contribution in [0.4, 0.5) is 17.6 Å². The summed E-state index contributed by atoms with van der Waals surface area (Å²) in [6.07, 6.45) is -3.83. The number of alkyl halides is 3. The number of aliphatic imine (C=N–C) groups is 1. The van der Waals surface area contributed by atoms with Crippen molar-refractivity contribution >= 4 is 11.8 Å². The van der Waals surface area contributed by atoms with E-state index in [0.29, 0.717) is 0 Å². The fourth-order valence-electron chi connectivity index (χ4n) is 1.25. The highest BCUT2D eigenvalue weighted by Gasteiger charge is 2.34. The Labute approximate surface area is 95.5 Å². The minimum absolute atomic E-state index is 0.229. The molecule has 0 aliphatic heterocycles. The molecule has 0 heterocycles. The molecule has 1 aromatic carbocycles. The molecule has 0 aliphatic carbocycles. The first-order valence-electron chi connectivity index (χ1n) is 4.62. The Bertz CT molecular complexity index is 461. The van der Waals surface area contributed by atoms with Gasteiger partial charge in [0.15, 0.2) is 0 Å². The van der Waals surface area contributed by atoms with Gasteiger partial charge in [-0.1, -0.05) is 18.2 Å². The quantitative estimate of drug-likeness (QED) is 0.632. The van der Waals surface area contributed by atoms with Gasteiger partial charge in [0.2, 0.25) is 0 Å². The lowest BCUT2D eigenvalue weighted by atomic mass is 10.0. The van der Waals surface area contributed by atoms with E-state index < -0.39 is 23.3 Å². The largest absolute Gasteiger partial charge is 0.431 e. The van der Waals surface area contributed by atoms with Crippen molar-refractivity contribution < 1.29 is 17.6 Å². The molecule has 0 atom stereocenters. The predicted octanol–water partition coefficient (Wildman–Crippen LogP) is 2.76. The van der Waals surface area contributed by atoms with Crippen LogP contribution in [0.15, 0.2) is 35.0 Å². The van der Waals surface area contributed by atoms with E-state index >= 15 is 0 Å². The number of hydrogen-bond acceptors (Lipinski definition) is 2. The van der Waals surface area contributed by atoms with Gasteiger partial charge in [0.25, 0.3) is 0 Å². The molecule has 2 nitrogen and oxygen atoms in total. The van der Waals surface area contributed by atoms with Crippen molar-refractivity contribution in [3.05, 3.63) is 41.3 Å². The zero-order valence-electron chi connectivity index (χ0n) is 8.92. The highest BCUT2D eigenvalue weighted by Crippen LogP contribution is 2.29. The first-order valence-corrected chi connectivity index (χ1v) is 4.62. The van der Waals surface area contributed by atoms with Gasteiger partial charge in [-0.2, -0.15) is 13.2 Å². The number of nitrogens with two attached hydrogens (primary N) is 1. The predicted molar refractivity (Wildman–Crippen MR) is 58.0 cm³/mol. The molecule has 17 heavy (non-hydrogen) atoms. The molecule has 2 N–H and O–H groups in total. The van der Waals surface area contributed by atoms with Crippen LogP contribution in [0.5, 0.6) is 0 Å². The lowest BCUT2D eigenvalue weighted by Gasteiger charge is -2.12. The first kappa shape index (κ1) is 13.2. The third-order valence-corrected chi connectivity index (χ3v) is 2.02. The van der Waals surface area contributed by atoms with E-state index in [1.54, 1.807) is 0 Å². The Morgan fingerprint density at radius 3 is 2.35 bits per heavy atom. The van der Waals surface area contributed by atoms with Gasteiger partial charge in [-0.15, -0.1) is 0 Å². The number of benzene rings is 1. The van der Waals surface area contributed by atoms with Crippen LogP contribution in [-0.4, -0.2) is 19.4 Å². The molecular formula is C11H10F4N2. The molecule has 0 aromatic heterocycles. The van der Waals surface area contributed by atoms with Gasteiger partial charge in [-0.05, 0) is 6.07 Å². The number of hydrogen-bond donors (Lipinski definition) is 1. The molecule has 6 heteroatoms. The number of allylic oxidation sites excluding steroid dienone is 2. The summed E-state index contributed by atoms with van der Waals surface area (Å²) in [5.74, 6) is -0.783. The van der Waals surface area contributed by atoms with Crippen LogP contribution in [0.2, 0.25) is 0 Å². The monoisotopic (exact) mass is 246 g/mol. The molecule has 1 aromatic rings. The minimum Gasteiger partial charge on any atom is -0.394 e. The van der Waals surface area contributed by atoms with Crippen molar-refractivity contribution in [3.8, 4) is 0 Å². The van der Waals surface area contributed by atoms with Crippen LogP contribution in [0.1, 0.15) is 5.56 Å². The maximum absolute atomic E-state index is 13.4. The maximum atomic E-state index is 13.4. The molecule has 0 radical (unpaired) electrons. The van der Waals surface area contributed by atoms with Gasteiger partial charge >= 0.3 is 6.18 Å². The first-order chi connectivity index (χ1) is 7.88. The smallest absolute Gasteiger partial charge is 0.394 e. The van der Waals surface area contributed by atoms with E-state index in [1.807, 2.05) is 0 Å². The van der Waals surface area contributed by atoms with Gasteiger partial charge in [0.1, 0.15) is 11.5 Å². The summed E-state index contributed by atoms with van der Waals surface area (Å²) in [6, 6.07) is 5.07. The van der Waals surface area contributed by atoms with Crippen LogP contribution < -0.4 is 5.73 Å². The second-order valence-corrected chi connectivity index (χ2v) is 3.19. The second kappa shape index (κ2) is 4.99. The third-order valence-electron chi connectivity index (χ3n) is 2.02. The molecular weight excluding hydrogens is 236 g/mol. The summed E-state index contributed by atoms with van der Waals surface area (Å²) in [7, 11) is 1.28. The van der Waals surface area contributed by atoms with Crippen molar-refractivity contribution in [2.75, 3.05) is 7.05 Å². The zero-order valence-corrected chi connectivity index (χ0v) is 8.92. The summed E-state index contributed by atoms with van der Waals surface area (Å²) < 4.78 is 50.8. The topological polar surface area (TPSA) is 38.4 Å².